The van der Waals surface area contributed by atoms with Gasteiger partial charge in [-0.25, -0.2) is 9.48 Å². The largest absolute Gasteiger partial charge is 0.465 e. The molecule has 2 rings (SSSR count). The van der Waals surface area contributed by atoms with Gasteiger partial charge in [-0.3, -0.25) is 0 Å². The highest BCUT2D eigenvalue weighted by atomic mass is 79.9. The third kappa shape index (κ3) is 2.02. The molecule has 0 saturated heterocycles. The summed E-state index contributed by atoms with van der Waals surface area (Å²) < 4.78 is 30.7. The number of halogens is 3. The molecular weight excluding hydrogens is 298 g/mol. The van der Waals surface area contributed by atoms with Crippen LogP contribution in [0.3, 0.4) is 0 Å². The van der Waals surface area contributed by atoms with E-state index in [1.807, 2.05) is 0 Å². The van der Waals surface area contributed by atoms with Crippen LogP contribution in [0.4, 0.5) is 8.78 Å². The molecule has 1 heterocycles. The van der Waals surface area contributed by atoms with Crippen LogP contribution in [0.5, 0.6) is 0 Å². The molecule has 0 radical (unpaired) electrons. The summed E-state index contributed by atoms with van der Waals surface area (Å²) in [5.41, 5.74) is 0.522. The molecule has 4 nitrogen and oxygen atoms in total. The number of nitrogens with zero attached hydrogens (tertiary/aromatic N) is 2. The Bertz CT molecular complexity index is 583. The normalized spacial score (nSPS) is 11.1. The smallest absolute Gasteiger partial charge is 0.339 e. The lowest BCUT2D eigenvalue weighted by Gasteiger charge is -2.04. The molecule has 0 atom stereocenters. The van der Waals surface area contributed by atoms with Crippen LogP contribution >= 0.6 is 15.9 Å². The standard InChI is InChI=1S/C10H7BrF2N2O2/c1-17-9(16)6-2-5-4-14-15(10(12)13)8(5)3-7(6)11/h2-4,10H,1H3. The predicted octanol–water partition coefficient (Wildman–Crippen LogP) is 2.98. The minimum atomic E-state index is -2.72. The Kier molecular flexibility index (Phi) is 3.10. The molecule has 0 fully saturated rings. The minimum Gasteiger partial charge on any atom is -0.465 e. The van der Waals surface area contributed by atoms with Crippen molar-refractivity contribution in [3.05, 3.63) is 28.4 Å². The van der Waals surface area contributed by atoms with Crippen molar-refractivity contribution in [1.82, 2.24) is 9.78 Å². The van der Waals surface area contributed by atoms with Gasteiger partial charge in [-0.05, 0) is 28.1 Å². The van der Waals surface area contributed by atoms with E-state index in [0.29, 0.717) is 14.5 Å². The average molecular weight is 305 g/mol. The van der Waals surface area contributed by atoms with Crippen LogP contribution in [0.25, 0.3) is 10.9 Å². The number of methoxy groups -OCH3 is 1. The molecule has 90 valence electrons. The lowest BCUT2D eigenvalue weighted by atomic mass is 10.1. The molecule has 0 aliphatic carbocycles. The Morgan fingerprint density at radius 2 is 2.24 bits per heavy atom. The lowest BCUT2D eigenvalue weighted by Crippen LogP contribution is -2.03. The van der Waals surface area contributed by atoms with E-state index in [1.54, 1.807) is 0 Å². The van der Waals surface area contributed by atoms with Gasteiger partial charge in [0.15, 0.2) is 0 Å². The quantitative estimate of drug-likeness (QED) is 0.801. The number of hydrogen-bond acceptors (Lipinski definition) is 3. The van der Waals surface area contributed by atoms with Crippen LogP contribution in [0, 0.1) is 0 Å². The van der Waals surface area contributed by atoms with Gasteiger partial charge in [0.1, 0.15) is 0 Å². The zero-order chi connectivity index (χ0) is 12.6. The Labute approximate surface area is 103 Å². The molecule has 0 aliphatic rings. The summed E-state index contributed by atoms with van der Waals surface area (Å²) in [6.45, 7) is -2.72. The molecule has 0 amide bonds. The highest BCUT2D eigenvalue weighted by Crippen LogP contribution is 2.27. The van der Waals surface area contributed by atoms with Gasteiger partial charge in [-0.2, -0.15) is 13.9 Å². The molecule has 0 spiro atoms. The third-order valence-corrected chi connectivity index (χ3v) is 2.93. The second-order valence-corrected chi connectivity index (χ2v) is 4.10. The first-order valence-corrected chi connectivity index (χ1v) is 5.37. The molecule has 7 heteroatoms. The first kappa shape index (κ1) is 12.0. The van der Waals surface area contributed by atoms with Gasteiger partial charge in [-0.1, -0.05) is 0 Å². The van der Waals surface area contributed by atoms with E-state index in [0.717, 1.165) is 0 Å². The fourth-order valence-corrected chi connectivity index (χ4v) is 1.98. The molecule has 0 bridgehead atoms. The number of alkyl halides is 2. The van der Waals surface area contributed by atoms with Gasteiger partial charge in [0.05, 0.1) is 24.4 Å². The van der Waals surface area contributed by atoms with Crippen LogP contribution < -0.4 is 0 Å². The zero-order valence-corrected chi connectivity index (χ0v) is 10.2. The van der Waals surface area contributed by atoms with E-state index < -0.39 is 12.5 Å². The predicted molar refractivity (Wildman–Crippen MR) is 60.0 cm³/mol. The number of hydrogen-bond donors (Lipinski definition) is 0. The van der Waals surface area contributed by atoms with E-state index in [9.17, 15) is 13.6 Å². The second kappa shape index (κ2) is 4.40. The van der Waals surface area contributed by atoms with Gasteiger partial charge in [0.2, 0.25) is 0 Å². The van der Waals surface area contributed by atoms with Crippen molar-refractivity contribution >= 4 is 32.8 Å². The number of ether oxygens (including phenoxy) is 1. The SMILES string of the molecule is COC(=O)c1cc2cnn(C(F)F)c2cc1Br. The molecule has 0 N–H and O–H groups in total. The first-order chi connectivity index (χ1) is 8.04. The second-order valence-electron chi connectivity index (χ2n) is 3.25. The van der Waals surface area contributed by atoms with E-state index >= 15 is 0 Å². The van der Waals surface area contributed by atoms with Crippen LogP contribution in [-0.4, -0.2) is 22.9 Å². The number of carbonyl (C=O) groups excluding carboxylic acids is 1. The first-order valence-electron chi connectivity index (χ1n) is 4.58. The fraction of sp³-hybridized carbons (Fsp3) is 0.200. The van der Waals surface area contributed by atoms with E-state index in [1.165, 1.54) is 25.4 Å². The summed E-state index contributed by atoms with van der Waals surface area (Å²) in [5.74, 6) is -0.538. The van der Waals surface area contributed by atoms with Crippen LogP contribution in [-0.2, 0) is 4.74 Å². The monoisotopic (exact) mass is 304 g/mol. The molecule has 0 saturated carbocycles. The van der Waals surface area contributed by atoms with Gasteiger partial charge >= 0.3 is 12.5 Å². The summed E-state index contributed by atoms with van der Waals surface area (Å²) in [7, 11) is 1.25. The van der Waals surface area contributed by atoms with Crippen LogP contribution in [0.2, 0.25) is 0 Å². The van der Waals surface area contributed by atoms with Gasteiger partial charge in [0.25, 0.3) is 0 Å². The van der Waals surface area contributed by atoms with E-state index in [-0.39, 0.29) is 11.1 Å². The molecule has 17 heavy (non-hydrogen) atoms. The molecule has 0 unspecified atom stereocenters. The van der Waals surface area contributed by atoms with Crippen molar-refractivity contribution in [2.75, 3.05) is 7.11 Å². The van der Waals surface area contributed by atoms with E-state index in [2.05, 4.69) is 25.8 Å². The van der Waals surface area contributed by atoms with Gasteiger partial charge in [0, 0.05) is 9.86 Å². The summed E-state index contributed by atoms with van der Waals surface area (Å²) in [5, 5.41) is 4.01. The third-order valence-electron chi connectivity index (χ3n) is 2.27. The Morgan fingerprint density at radius 1 is 1.53 bits per heavy atom. The van der Waals surface area contributed by atoms with Crippen LogP contribution in [0.1, 0.15) is 16.9 Å². The highest BCUT2D eigenvalue weighted by molar-refractivity contribution is 9.10. The Balaban J connectivity index is 2.64. The number of esters is 1. The van der Waals surface area contributed by atoms with Crippen molar-refractivity contribution in [3.63, 3.8) is 0 Å². The Hall–Kier alpha value is -1.50. The number of fused-ring (bicyclic) bond motifs is 1. The van der Waals surface area contributed by atoms with Gasteiger partial charge < -0.3 is 4.74 Å². The fourth-order valence-electron chi connectivity index (χ4n) is 1.49. The summed E-state index contributed by atoms with van der Waals surface area (Å²) in [4.78, 5) is 11.4. The number of carbonyl (C=O) groups is 1. The summed E-state index contributed by atoms with van der Waals surface area (Å²) >= 11 is 3.14. The minimum absolute atomic E-state index is 0.250. The maximum atomic E-state index is 12.6. The van der Waals surface area contributed by atoms with Crippen molar-refractivity contribution in [2.45, 2.75) is 6.55 Å². The van der Waals surface area contributed by atoms with Crippen molar-refractivity contribution in [3.8, 4) is 0 Å². The summed E-state index contributed by atoms with van der Waals surface area (Å²) in [6, 6.07) is 2.87. The van der Waals surface area contributed by atoms with Crippen LogP contribution in [0.15, 0.2) is 22.8 Å². The maximum absolute atomic E-state index is 12.6. The zero-order valence-electron chi connectivity index (χ0n) is 8.65. The van der Waals surface area contributed by atoms with E-state index in [4.69, 9.17) is 0 Å². The molecule has 1 aromatic heterocycles. The number of benzene rings is 1. The lowest BCUT2D eigenvalue weighted by molar-refractivity contribution is 0.0599. The topological polar surface area (TPSA) is 44.1 Å². The Morgan fingerprint density at radius 3 is 2.82 bits per heavy atom. The molecular formula is C10H7BrF2N2O2. The number of rotatable bonds is 2. The average Bonchev–Trinajstić information content (AvgIpc) is 2.69. The maximum Gasteiger partial charge on any atom is 0.339 e. The highest BCUT2D eigenvalue weighted by Gasteiger charge is 2.16. The van der Waals surface area contributed by atoms with Crippen molar-refractivity contribution in [2.24, 2.45) is 0 Å². The number of aromatic nitrogens is 2. The van der Waals surface area contributed by atoms with Gasteiger partial charge in [-0.15, -0.1) is 0 Å². The molecule has 2 aromatic rings. The molecule has 1 aromatic carbocycles. The van der Waals surface area contributed by atoms with Crippen molar-refractivity contribution in [1.29, 1.82) is 0 Å². The summed E-state index contributed by atoms with van der Waals surface area (Å²) in [6.07, 6.45) is 1.28. The molecule has 0 aliphatic heterocycles. The van der Waals surface area contributed by atoms with Crippen molar-refractivity contribution < 1.29 is 18.3 Å².